The van der Waals surface area contributed by atoms with Gasteiger partial charge < -0.3 is 64.3 Å². The first-order valence-electron chi connectivity index (χ1n) is 32.6. The minimum Gasteiger partial charge on any atom is -0.507 e. The molecule has 3 aliphatic carbocycles. The van der Waals surface area contributed by atoms with Crippen molar-refractivity contribution in [2.75, 3.05) is 31.1 Å². The summed E-state index contributed by atoms with van der Waals surface area (Å²) in [6.45, 7) is 23.9. The number of piperazine rings is 1. The number of halogens is 2. The van der Waals surface area contributed by atoms with Crippen molar-refractivity contribution in [3.8, 4) is 22.7 Å². The number of phenolic OH excluding ortho intramolecular Hbond substituents is 1. The molecule has 12 unspecified atom stereocenters. The maximum absolute atomic E-state index is 15.8. The van der Waals surface area contributed by atoms with Crippen LogP contribution in [0.5, 0.6) is 5.75 Å². The molecule has 2 saturated carbocycles. The Morgan fingerprint density at radius 1 is 0.899 bits per heavy atom. The molecule has 526 valence electrons. The summed E-state index contributed by atoms with van der Waals surface area (Å²) >= 11 is 0. The largest absolute Gasteiger partial charge is 0.507 e. The smallest absolute Gasteiger partial charge is 0.408 e. The van der Waals surface area contributed by atoms with Gasteiger partial charge in [0.1, 0.15) is 58.7 Å². The fourth-order valence-corrected chi connectivity index (χ4v) is 14.9. The number of phenols is 1. The second kappa shape index (κ2) is 27.4. The number of Topliss-reactive ketones (excluding diaryl/α,β-unsaturated/α-hetero) is 1. The summed E-state index contributed by atoms with van der Waals surface area (Å²) in [7, 11) is 0. The summed E-state index contributed by atoms with van der Waals surface area (Å²) in [6.07, 6.45) is -8.59. The quantitative estimate of drug-likeness (QED) is 0.0278. The van der Waals surface area contributed by atoms with Gasteiger partial charge in [-0.1, -0.05) is 88.9 Å². The number of nitrogens with one attached hydrogen (secondary N) is 1. The Morgan fingerprint density at radius 3 is 2.16 bits per heavy atom. The number of ketones is 1. The normalized spacial score (nSPS) is 26.2. The van der Waals surface area contributed by atoms with E-state index in [1.165, 1.54) is 48.8 Å². The van der Waals surface area contributed by atoms with Crippen LogP contribution in [0.25, 0.3) is 28.0 Å². The molecule has 4 fully saturated rings. The summed E-state index contributed by atoms with van der Waals surface area (Å²) in [5.74, 6) is -7.71. The molecule has 5 aliphatic rings. The predicted octanol–water partition coefficient (Wildman–Crippen LogP) is 7.74. The number of fused-ring (bicyclic) bond motifs is 6. The van der Waals surface area contributed by atoms with Crippen LogP contribution in [-0.4, -0.2) is 171 Å². The number of aryl methyl sites for hydroxylation is 1. The number of aromatic nitrogens is 4. The number of hydrogen-bond donors (Lipinski definition) is 6. The number of hydrogen-bond acceptors (Lipinski definition) is 21. The van der Waals surface area contributed by atoms with Crippen molar-refractivity contribution < 1.29 is 86.8 Å². The van der Waals surface area contributed by atoms with E-state index in [2.05, 4.69) is 26.8 Å². The van der Waals surface area contributed by atoms with E-state index in [1.54, 1.807) is 100 Å². The van der Waals surface area contributed by atoms with Crippen molar-refractivity contribution in [3.05, 3.63) is 165 Å². The maximum Gasteiger partial charge on any atom is 0.408 e. The van der Waals surface area contributed by atoms with Gasteiger partial charge in [0.2, 0.25) is 5.91 Å². The molecule has 26 heteroatoms. The average Bonchev–Trinajstić information content (AvgIpc) is 0.670. The molecule has 99 heavy (non-hydrogen) atoms. The van der Waals surface area contributed by atoms with Crippen LogP contribution in [0.1, 0.15) is 128 Å². The van der Waals surface area contributed by atoms with Crippen LogP contribution in [-0.2, 0) is 42.9 Å². The number of aliphatic hydroxyl groups excluding tert-OH is 3. The average molecular weight is 1370 g/mol. The molecule has 2 aliphatic heterocycles. The number of aliphatic hydroxyl groups is 4. The number of rotatable bonds is 13. The highest BCUT2D eigenvalue weighted by Crippen LogP contribution is 2.64. The van der Waals surface area contributed by atoms with Gasteiger partial charge in [0.05, 0.1) is 58.0 Å². The van der Waals surface area contributed by atoms with Crippen molar-refractivity contribution in [1.29, 1.82) is 0 Å². The number of anilines is 1. The molecular formula is C73H83F2N7O17. The van der Waals surface area contributed by atoms with Crippen LogP contribution in [0.3, 0.4) is 0 Å². The molecule has 2 bridgehead atoms. The molecular weight excluding hydrogens is 1280 g/mol. The third kappa shape index (κ3) is 13.1. The molecule has 6 N–H and O–H groups in total. The lowest BCUT2D eigenvalue weighted by Crippen LogP contribution is -2.81. The van der Waals surface area contributed by atoms with Gasteiger partial charge in [-0.25, -0.2) is 37.5 Å². The molecule has 2 amide bonds. The highest BCUT2D eigenvalue weighted by molar-refractivity contribution is 5.95. The van der Waals surface area contributed by atoms with Crippen LogP contribution in [0.2, 0.25) is 0 Å². The zero-order valence-corrected chi connectivity index (χ0v) is 57.1. The van der Waals surface area contributed by atoms with E-state index in [1.807, 2.05) is 32.6 Å². The van der Waals surface area contributed by atoms with Crippen LogP contribution >= 0.6 is 0 Å². The molecule has 11 rings (SSSR count). The van der Waals surface area contributed by atoms with E-state index >= 15 is 4.39 Å². The Bertz CT molecular complexity index is 4260. The van der Waals surface area contributed by atoms with E-state index < -0.39 is 147 Å². The maximum atomic E-state index is 15.8. The van der Waals surface area contributed by atoms with E-state index in [-0.39, 0.29) is 64.5 Å². The van der Waals surface area contributed by atoms with Gasteiger partial charge in [-0.2, -0.15) is 4.98 Å². The van der Waals surface area contributed by atoms with E-state index in [4.69, 9.17) is 23.7 Å². The lowest BCUT2D eigenvalue weighted by molar-refractivity contribution is -0.346. The van der Waals surface area contributed by atoms with Gasteiger partial charge >= 0.3 is 29.7 Å². The fraction of sp³-hybridized carbons (Fsp3) is 0.452. The van der Waals surface area contributed by atoms with Gasteiger partial charge in [-0.15, -0.1) is 0 Å². The van der Waals surface area contributed by atoms with Crippen molar-refractivity contribution in [2.45, 2.75) is 167 Å². The monoisotopic (exact) mass is 1370 g/mol. The Kier molecular flexibility index (Phi) is 20.0. The Hall–Kier alpha value is -9.34. The van der Waals surface area contributed by atoms with E-state index in [0.717, 1.165) is 19.1 Å². The molecule has 12 atom stereocenters. The minimum atomic E-state index is -2.35. The second-order valence-electron chi connectivity index (χ2n) is 28.0. The van der Waals surface area contributed by atoms with Gasteiger partial charge in [0.25, 0.3) is 0 Å². The highest BCUT2D eigenvalue weighted by atomic mass is 19.1. The lowest BCUT2D eigenvalue weighted by Gasteiger charge is -2.67. The highest BCUT2D eigenvalue weighted by Gasteiger charge is 2.78. The SMILES string of the molecule is C=CC(=O)N1CCN(c2nc(=O)n(-c3c(C)ccnc3C(C)C)c3nc(-c4c(O)cccc4F)c(F)cc23)C(C)C1.CC(=O)OC12COC1CC(O)C1(C)C(=O)C(O)C3=C(C)C(OC(=O)C(O)C(NC(=O)OC(C)(C)C)c4ccccc4)CC(O)(C(OC(=O)c4ccccc4)C21)C3(C)C. The number of carbonyl (C=O) groups is 6. The molecule has 5 heterocycles. The fourth-order valence-electron chi connectivity index (χ4n) is 14.9. The molecule has 0 radical (unpaired) electrons. The summed E-state index contributed by atoms with van der Waals surface area (Å²) in [5.41, 5.74) is -7.86. The number of esters is 3. The van der Waals surface area contributed by atoms with E-state index in [0.29, 0.717) is 42.1 Å². The first-order chi connectivity index (χ1) is 46.5. The van der Waals surface area contributed by atoms with Gasteiger partial charge in [-0.3, -0.25) is 19.4 Å². The molecule has 24 nitrogen and oxygen atoms in total. The lowest BCUT2D eigenvalue weighted by atomic mass is 9.44. The number of amides is 2. The number of aromatic hydroxyl groups is 1. The summed E-state index contributed by atoms with van der Waals surface area (Å²) in [5, 5.41) is 62.2. The Labute approximate surface area is 570 Å². The summed E-state index contributed by atoms with van der Waals surface area (Å²) < 4.78 is 61.5. The third-order valence-electron chi connectivity index (χ3n) is 19.9. The zero-order chi connectivity index (χ0) is 72.3. The molecule has 0 spiro atoms. The van der Waals surface area contributed by atoms with Gasteiger partial charge in [0, 0.05) is 57.1 Å². The molecule has 3 aromatic heterocycles. The van der Waals surface area contributed by atoms with Crippen LogP contribution < -0.4 is 15.9 Å². The molecule has 3 aromatic carbocycles. The number of benzene rings is 3. The first-order valence-corrected chi connectivity index (χ1v) is 32.6. The van der Waals surface area contributed by atoms with Crippen LogP contribution in [0, 0.1) is 35.3 Å². The third-order valence-corrected chi connectivity index (χ3v) is 19.9. The van der Waals surface area contributed by atoms with Crippen molar-refractivity contribution in [2.24, 2.45) is 16.7 Å². The van der Waals surface area contributed by atoms with Crippen LogP contribution in [0.4, 0.5) is 19.4 Å². The number of nitrogens with zero attached hydrogens (tertiary/aromatic N) is 6. The molecule has 2 saturated heterocycles. The minimum absolute atomic E-state index is 0.0360. The Balaban J connectivity index is 0.000000227. The standard InChI is InChI=1S/C43H53NO14.C30H30F2N6O3/c1-22-26(55-37(51)32(48)30(24-15-11-9-12-16-24)44-38(52)58-39(3,4)5)20-43(53)35(56-36(50)25-17-13-10-14-18-25)33-41(8,34(49)31(47)29(22)40(43,6)7)27(46)19-28-42(33,21-54-28)57-23(2)45;1-6-23(40)36-12-13-37(18(5)15-36)28-19-14-21(32)26(24-20(31)8-7-9-22(24)39)34-29(19)38(30(41)35-28)27-17(4)10-11-33-25(27)16(2)3/h9-18,26-28,30-33,35,46-48,53H,19-21H2,1-8H3,(H,44,52);6-11,14,16,18,39H,1,12-13,15H2,2-5H3. The zero-order valence-electron chi connectivity index (χ0n) is 57.1. The number of carbonyl (C=O) groups excluding carboxylic acids is 6. The topological polar surface area (TPSA) is 329 Å². The summed E-state index contributed by atoms with van der Waals surface area (Å²) in [6, 6.07) is 20.9. The van der Waals surface area contributed by atoms with Gasteiger partial charge in [0.15, 0.2) is 29.0 Å². The van der Waals surface area contributed by atoms with Crippen molar-refractivity contribution in [3.63, 3.8) is 0 Å². The first kappa shape index (κ1) is 72.4. The number of ether oxygens (including phenoxy) is 5. The number of pyridine rings is 2. The second-order valence-corrected chi connectivity index (χ2v) is 28.0. The van der Waals surface area contributed by atoms with E-state index in [9.17, 15) is 63.5 Å². The molecule has 6 aromatic rings. The van der Waals surface area contributed by atoms with Crippen molar-refractivity contribution >= 4 is 52.5 Å². The van der Waals surface area contributed by atoms with Gasteiger partial charge in [-0.05, 0) is 119 Å². The summed E-state index contributed by atoms with van der Waals surface area (Å²) in [4.78, 5) is 112. The van der Waals surface area contributed by atoms with Crippen LogP contribution in [0.15, 0.2) is 126 Å². The number of alkyl carbamates (subject to hydrolysis) is 1. The van der Waals surface area contributed by atoms with Crippen molar-refractivity contribution in [1.82, 2.24) is 29.7 Å². The predicted molar refractivity (Wildman–Crippen MR) is 356 cm³/mol. The Morgan fingerprint density at radius 2 is 1.57 bits per heavy atom.